The normalized spacial score (nSPS) is 43.6. The van der Waals surface area contributed by atoms with Crippen molar-refractivity contribution in [1.82, 2.24) is 14.8 Å². The molecule has 60 heavy (non-hydrogen) atoms. The van der Waals surface area contributed by atoms with Crippen molar-refractivity contribution < 1.29 is 52.7 Å². The number of ketones is 1. The summed E-state index contributed by atoms with van der Waals surface area (Å²) in [7, 11) is 3.84. The zero-order valence-corrected chi connectivity index (χ0v) is 37.0. The van der Waals surface area contributed by atoms with Crippen molar-refractivity contribution in [3.63, 3.8) is 0 Å². The Balaban J connectivity index is 1.35. The number of fused-ring (bicyclic) bond motifs is 5. The van der Waals surface area contributed by atoms with Gasteiger partial charge in [-0.15, -0.1) is 0 Å². The second-order valence-electron chi connectivity index (χ2n) is 18.9. The Hall–Kier alpha value is -3.41. The number of cyclic esters (lactones) is 1. The number of hydrogen-bond acceptors (Lipinski definition) is 15. The van der Waals surface area contributed by atoms with E-state index >= 15 is 0 Å². The number of Topliss-reactive ketones (excluding diaryl/α,β-unsaturated/α-hetero) is 1. The third-order valence-corrected chi connectivity index (χ3v) is 14.2. The zero-order chi connectivity index (χ0) is 43.3. The van der Waals surface area contributed by atoms with Gasteiger partial charge in [0, 0.05) is 48.9 Å². The smallest absolute Gasteiger partial charge is 0.411 e. The minimum absolute atomic E-state index is 0.0398. The molecule has 1 N–H and O–H groups in total. The van der Waals surface area contributed by atoms with E-state index in [0.29, 0.717) is 31.5 Å². The number of esters is 1. The number of pyridine rings is 1. The summed E-state index contributed by atoms with van der Waals surface area (Å²) in [5.74, 6) is -3.04. The number of carbonyl (C=O) groups excluding carboxylic acids is 3. The number of hydrogen-bond donors (Lipinski definition) is 1. The summed E-state index contributed by atoms with van der Waals surface area (Å²) in [5.41, 5.74) is -2.07. The molecule has 0 spiro atoms. The molecule has 16 atom stereocenters. The Labute approximate surface area is 354 Å². The molecule has 334 valence electrons. The van der Waals surface area contributed by atoms with Gasteiger partial charge in [-0.1, -0.05) is 38.9 Å². The Morgan fingerprint density at radius 2 is 1.83 bits per heavy atom. The number of carbonyl (C=O) groups is 3. The number of aliphatic hydroxyl groups is 1. The molecule has 0 aliphatic carbocycles. The Morgan fingerprint density at radius 1 is 1.07 bits per heavy atom. The van der Waals surface area contributed by atoms with E-state index in [1.807, 2.05) is 78.7 Å². The predicted octanol–water partition coefficient (Wildman–Crippen LogP) is 4.07. The topological polar surface area (TPSA) is 171 Å². The lowest BCUT2D eigenvalue weighted by atomic mass is 9.73. The van der Waals surface area contributed by atoms with Gasteiger partial charge in [-0.05, 0) is 73.2 Å². The highest BCUT2D eigenvalue weighted by Gasteiger charge is 2.61. The van der Waals surface area contributed by atoms with E-state index in [1.54, 1.807) is 24.9 Å². The van der Waals surface area contributed by atoms with Crippen LogP contribution >= 0.6 is 0 Å². The van der Waals surface area contributed by atoms with Crippen molar-refractivity contribution in [3.05, 3.63) is 24.4 Å². The van der Waals surface area contributed by atoms with Gasteiger partial charge in [-0.3, -0.25) is 14.5 Å². The molecule has 7 rings (SSSR count). The standard InChI is InChI=1S/C44H67N5O11/c1-11-33-44(8)38-26(4)35(50)24(2)19-43(7)39(58-41-36(51)32(47(9)10)18-25(3)56-41)27(5)37(28(6)40(52)57-33)54-22-29(23-55-43)31(21-49(38)42(53)59-44)46-60-30-15-17-48(20-30)34-14-12-13-16-45-34/h12-14,16,24-30,32-33,36-39,41,51H,11,15,17-23H2,1-10H3/b46-31-/t24-,25-,26+,27+,28-,29?,30?,32+,33-,36-,37+,38+,39-,41+,43?,44?/m1/s1. The lowest BCUT2D eigenvalue weighted by molar-refractivity contribution is -0.302. The Morgan fingerprint density at radius 3 is 2.53 bits per heavy atom. The van der Waals surface area contributed by atoms with Crippen LogP contribution in [0.15, 0.2) is 29.6 Å². The fraction of sp³-hybridized carbons (Fsp3) is 0.795. The first-order valence-corrected chi connectivity index (χ1v) is 22.0. The molecule has 16 nitrogen and oxygen atoms in total. The SMILES string of the molecule is CC[C@H]1OC(=O)[C@H](C)[C@H]2OCC3COC(C)(C[C@@H](C)C(=O)[C@H](C)[C@@H]4N(C/C3=N/OC3CCN(c5ccccn5)C3)C(=O)OC41C)[C@H](O[C@@H]1O[C@H](C)C[C@H](N(C)C)[C@H]1O)[C@H]2C. The molecule has 7 heterocycles. The number of aliphatic hydroxyl groups excluding tert-OH is 1. The van der Waals surface area contributed by atoms with Crippen molar-refractivity contribution in [2.75, 3.05) is 51.8 Å². The van der Waals surface area contributed by atoms with Crippen molar-refractivity contribution >= 4 is 29.4 Å². The molecule has 1 amide bonds. The summed E-state index contributed by atoms with van der Waals surface area (Å²) >= 11 is 0. The van der Waals surface area contributed by atoms with Crippen LogP contribution in [0.4, 0.5) is 10.6 Å². The summed E-state index contributed by atoms with van der Waals surface area (Å²) in [6, 6.07) is 4.73. The molecule has 6 aliphatic rings. The average Bonchev–Trinajstić information content (AvgIpc) is 3.80. The Bertz CT molecular complexity index is 1740. The van der Waals surface area contributed by atoms with E-state index in [0.717, 1.165) is 12.4 Å². The number of ether oxygens (including phenoxy) is 6. The summed E-state index contributed by atoms with van der Waals surface area (Å²) in [6.45, 7) is 16.4. The van der Waals surface area contributed by atoms with Crippen LogP contribution in [-0.2, 0) is 42.8 Å². The number of aromatic nitrogens is 1. The van der Waals surface area contributed by atoms with Gasteiger partial charge in [0.25, 0.3) is 0 Å². The first-order valence-electron chi connectivity index (χ1n) is 22.0. The second kappa shape index (κ2) is 17.8. The lowest BCUT2D eigenvalue weighted by Gasteiger charge is -2.48. The van der Waals surface area contributed by atoms with Crippen LogP contribution in [-0.4, -0.2) is 157 Å². The van der Waals surface area contributed by atoms with Crippen LogP contribution in [0, 0.1) is 29.6 Å². The summed E-state index contributed by atoms with van der Waals surface area (Å²) in [6.07, 6.45) is -2.05. The molecule has 1 aromatic rings. The molecule has 1 aromatic heterocycles. The summed E-state index contributed by atoms with van der Waals surface area (Å²) in [5, 5.41) is 16.6. The van der Waals surface area contributed by atoms with Gasteiger partial charge in [0.1, 0.15) is 29.9 Å². The maximum absolute atomic E-state index is 14.9. The van der Waals surface area contributed by atoms with Crippen LogP contribution in [0.25, 0.3) is 0 Å². The molecule has 0 aromatic carbocycles. The first kappa shape index (κ1) is 44.6. The molecule has 0 saturated carbocycles. The average molecular weight is 842 g/mol. The maximum atomic E-state index is 14.9. The summed E-state index contributed by atoms with van der Waals surface area (Å²) < 4.78 is 40.0. The number of anilines is 1. The van der Waals surface area contributed by atoms with E-state index < -0.39 is 89.6 Å². The van der Waals surface area contributed by atoms with E-state index in [1.165, 1.54) is 0 Å². The molecule has 6 aliphatic heterocycles. The van der Waals surface area contributed by atoms with Gasteiger partial charge in [-0.25, -0.2) is 9.78 Å². The quantitative estimate of drug-likeness (QED) is 0.308. The third-order valence-electron chi connectivity index (χ3n) is 14.2. The van der Waals surface area contributed by atoms with E-state index in [9.17, 15) is 19.5 Å². The molecule has 6 saturated heterocycles. The number of rotatable bonds is 7. The van der Waals surface area contributed by atoms with Crippen LogP contribution in [0.1, 0.15) is 81.1 Å². The predicted molar refractivity (Wildman–Crippen MR) is 220 cm³/mol. The Kier molecular flexibility index (Phi) is 13.2. The van der Waals surface area contributed by atoms with Crippen molar-refractivity contribution in [1.29, 1.82) is 0 Å². The second-order valence-corrected chi connectivity index (χ2v) is 18.9. The molecular weight excluding hydrogens is 775 g/mol. The van der Waals surface area contributed by atoms with E-state index in [2.05, 4.69) is 9.88 Å². The fourth-order valence-corrected chi connectivity index (χ4v) is 10.9. The highest BCUT2D eigenvalue weighted by Crippen LogP contribution is 2.45. The zero-order valence-electron chi connectivity index (χ0n) is 37.0. The van der Waals surface area contributed by atoms with Crippen molar-refractivity contribution in [2.24, 2.45) is 34.7 Å². The summed E-state index contributed by atoms with van der Waals surface area (Å²) in [4.78, 5) is 60.2. The molecular formula is C44H67N5O11. The minimum atomic E-state index is -1.38. The van der Waals surface area contributed by atoms with E-state index in [4.69, 9.17) is 38.4 Å². The number of nitrogens with zero attached hydrogens (tertiary/aromatic N) is 5. The van der Waals surface area contributed by atoms with Gasteiger partial charge in [-0.2, -0.15) is 0 Å². The first-order chi connectivity index (χ1) is 28.4. The third kappa shape index (κ3) is 8.53. The molecule has 16 heteroatoms. The van der Waals surface area contributed by atoms with E-state index in [-0.39, 0.29) is 50.2 Å². The minimum Gasteiger partial charge on any atom is -0.458 e. The van der Waals surface area contributed by atoms with Gasteiger partial charge < -0.3 is 48.2 Å². The van der Waals surface area contributed by atoms with Crippen molar-refractivity contribution in [2.45, 2.75) is 147 Å². The molecule has 6 bridgehead atoms. The fourth-order valence-electron chi connectivity index (χ4n) is 10.9. The maximum Gasteiger partial charge on any atom is 0.411 e. The largest absolute Gasteiger partial charge is 0.458 e. The lowest BCUT2D eigenvalue weighted by Crippen LogP contribution is -2.61. The molecule has 6 fully saturated rings. The number of oxime groups is 1. The van der Waals surface area contributed by atoms with Gasteiger partial charge >= 0.3 is 12.1 Å². The van der Waals surface area contributed by atoms with Crippen LogP contribution in [0.3, 0.4) is 0 Å². The number of likely N-dealkylation sites (N-methyl/N-ethyl adjacent to an activating group) is 1. The monoisotopic (exact) mass is 841 g/mol. The van der Waals surface area contributed by atoms with Crippen LogP contribution in [0.5, 0.6) is 0 Å². The van der Waals surface area contributed by atoms with Crippen molar-refractivity contribution in [3.8, 4) is 0 Å². The number of amides is 1. The molecule has 4 unspecified atom stereocenters. The van der Waals surface area contributed by atoms with Gasteiger partial charge in [0.15, 0.2) is 11.9 Å². The van der Waals surface area contributed by atoms with Gasteiger partial charge in [0.05, 0.1) is 67.9 Å². The van der Waals surface area contributed by atoms with Gasteiger partial charge in [0.2, 0.25) is 0 Å². The van der Waals surface area contributed by atoms with Crippen LogP contribution in [0.2, 0.25) is 0 Å². The van der Waals surface area contributed by atoms with Crippen LogP contribution < -0.4 is 4.90 Å². The molecule has 0 radical (unpaired) electrons. The highest BCUT2D eigenvalue weighted by atomic mass is 16.7. The highest BCUT2D eigenvalue weighted by molar-refractivity contribution is 5.92.